The Morgan fingerprint density at radius 2 is 2.03 bits per heavy atom. The number of carbonyl (C=O) groups is 1. The Hall–Kier alpha value is -2.35. The number of nitrogens with zero attached hydrogens (tertiary/aromatic N) is 1. The third kappa shape index (κ3) is 7.24. The van der Waals surface area contributed by atoms with Gasteiger partial charge >= 0.3 is 5.97 Å². The molecule has 4 rings (SSSR count). The van der Waals surface area contributed by atoms with Gasteiger partial charge in [-0.05, 0) is 106 Å². The maximum absolute atomic E-state index is 12.8. The molecule has 0 radical (unpaired) electrons. The number of hydrogen-bond acceptors (Lipinski definition) is 5. The Kier molecular flexibility index (Phi) is 9.78. The highest BCUT2D eigenvalue weighted by Crippen LogP contribution is 2.41. The van der Waals surface area contributed by atoms with Gasteiger partial charge in [0.05, 0.1) is 34.1 Å². The quantitative estimate of drug-likeness (QED) is 0.304. The number of carbonyl (C=O) groups excluding carboxylic acids is 1. The molecule has 1 heterocycles. The Balaban J connectivity index is 1.61. The van der Waals surface area contributed by atoms with Crippen molar-refractivity contribution >= 4 is 34.2 Å². The number of anilines is 1. The number of methoxy groups -OCH3 is 1. The average Bonchev–Trinajstić information content (AvgIpc) is 2.92. The lowest BCUT2D eigenvalue weighted by molar-refractivity contribution is 0.0600. The number of aryl methyl sites for hydroxylation is 1. The summed E-state index contributed by atoms with van der Waals surface area (Å²) in [6, 6.07) is 11.5. The number of halogens is 1. The van der Waals surface area contributed by atoms with Crippen LogP contribution in [0.5, 0.6) is 5.75 Å². The van der Waals surface area contributed by atoms with Gasteiger partial charge in [0.2, 0.25) is 0 Å². The normalized spacial score (nSPS) is 21.2. The molecule has 6 nitrogen and oxygen atoms in total. The van der Waals surface area contributed by atoms with Crippen molar-refractivity contribution in [3.8, 4) is 5.75 Å². The zero-order valence-corrected chi connectivity index (χ0v) is 25.1. The van der Waals surface area contributed by atoms with Gasteiger partial charge in [0.1, 0.15) is 12.4 Å². The lowest BCUT2D eigenvalue weighted by atomic mass is 9.69. The molecule has 2 aliphatic rings. The van der Waals surface area contributed by atoms with Gasteiger partial charge in [-0.3, -0.25) is 0 Å². The number of benzene rings is 2. The number of ether oxygens (including phenoxy) is 2. The first kappa shape index (κ1) is 29.6. The fourth-order valence-electron chi connectivity index (χ4n) is 5.37. The first-order valence-corrected chi connectivity index (χ1v) is 15.3. The van der Waals surface area contributed by atoms with Crippen LogP contribution in [0, 0.1) is 11.8 Å². The van der Waals surface area contributed by atoms with Crippen LogP contribution in [0.3, 0.4) is 0 Å². The first-order valence-electron chi connectivity index (χ1n) is 13.8. The molecular weight excluding hydrogens is 532 g/mol. The second-order valence-corrected chi connectivity index (χ2v) is 14.0. The van der Waals surface area contributed by atoms with Crippen LogP contribution in [0.25, 0.3) is 0 Å². The Labute approximate surface area is 240 Å². The van der Waals surface area contributed by atoms with E-state index < -0.39 is 11.0 Å². The van der Waals surface area contributed by atoms with E-state index in [4.69, 9.17) is 21.1 Å². The summed E-state index contributed by atoms with van der Waals surface area (Å²) in [5.41, 5.74) is 3.75. The van der Waals surface area contributed by atoms with Gasteiger partial charge in [-0.25, -0.2) is 13.7 Å². The van der Waals surface area contributed by atoms with E-state index >= 15 is 0 Å². The van der Waals surface area contributed by atoms with Crippen molar-refractivity contribution < 1.29 is 18.5 Å². The van der Waals surface area contributed by atoms with E-state index in [1.165, 1.54) is 12.7 Å². The Bertz CT molecular complexity index is 1210. The van der Waals surface area contributed by atoms with Crippen LogP contribution in [-0.2, 0) is 28.8 Å². The molecule has 1 aliphatic carbocycles. The molecule has 1 N–H and O–H groups in total. The van der Waals surface area contributed by atoms with E-state index in [0.717, 1.165) is 67.2 Å². The predicted molar refractivity (Wildman–Crippen MR) is 160 cm³/mol. The Morgan fingerprint density at radius 1 is 1.23 bits per heavy atom. The number of rotatable bonds is 7. The predicted octanol–water partition coefficient (Wildman–Crippen LogP) is 6.48. The molecule has 1 aliphatic heterocycles. The average molecular weight is 573 g/mol. The van der Waals surface area contributed by atoms with Gasteiger partial charge in [-0.15, -0.1) is 6.58 Å². The molecule has 1 fully saturated rings. The summed E-state index contributed by atoms with van der Waals surface area (Å²) < 4.78 is 27.2. The zero-order chi connectivity index (χ0) is 28.2. The maximum Gasteiger partial charge on any atom is 0.337 e. The fourth-order valence-corrected chi connectivity index (χ4v) is 6.44. The van der Waals surface area contributed by atoms with E-state index in [9.17, 15) is 9.00 Å². The van der Waals surface area contributed by atoms with Crippen molar-refractivity contribution in [1.29, 1.82) is 0 Å². The molecule has 0 saturated heterocycles. The Morgan fingerprint density at radius 3 is 2.69 bits per heavy atom. The van der Waals surface area contributed by atoms with E-state index in [2.05, 4.69) is 16.2 Å². The standard InChI is InChI=1S/C31H41ClN2O4S/c1-6-27(33-39(36)31(2,3)4)26-14-11-23(26)19-34-16-8-7-9-21-17-25(32)13-10-24(21)20-38-29-15-12-22(18-28(29)34)30(35)37-5/h6,10,12-13,15,17-18,23,26-27,33H,1,7-9,11,14,16,19-20H2,2-5H3/t23-,26+,27-,39-/m0/s1. The largest absolute Gasteiger partial charge is 0.487 e. The van der Waals surface area contributed by atoms with Gasteiger partial charge in [0, 0.05) is 24.2 Å². The minimum atomic E-state index is -1.17. The molecule has 0 aromatic heterocycles. The topological polar surface area (TPSA) is 67.9 Å². The number of fused-ring (bicyclic) bond motifs is 2. The lowest BCUT2D eigenvalue weighted by Gasteiger charge is -2.44. The first-order chi connectivity index (χ1) is 18.6. The highest BCUT2D eigenvalue weighted by molar-refractivity contribution is 7.84. The smallest absolute Gasteiger partial charge is 0.337 e. The minimum absolute atomic E-state index is 0.0240. The van der Waals surface area contributed by atoms with Gasteiger partial charge in [0.15, 0.2) is 0 Å². The summed E-state index contributed by atoms with van der Waals surface area (Å²) in [7, 11) is 0.229. The second kappa shape index (κ2) is 12.9. The van der Waals surface area contributed by atoms with Crippen LogP contribution in [0.2, 0.25) is 5.02 Å². The summed E-state index contributed by atoms with van der Waals surface area (Å²) in [6.07, 6.45) is 7.00. The number of nitrogens with one attached hydrogen (secondary N) is 1. The van der Waals surface area contributed by atoms with Crippen molar-refractivity contribution in [1.82, 2.24) is 4.72 Å². The van der Waals surface area contributed by atoms with Crippen LogP contribution < -0.4 is 14.4 Å². The minimum Gasteiger partial charge on any atom is -0.487 e. The van der Waals surface area contributed by atoms with Crippen molar-refractivity contribution in [2.24, 2.45) is 11.8 Å². The van der Waals surface area contributed by atoms with Gasteiger partial charge in [0.25, 0.3) is 0 Å². The summed E-state index contributed by atoms with van der Waals surface area (Å²) in [4.78, 5) is 14.8. The van der Waals surface area contributed by atoms with Gasteiger partial charge in [-0.1, -0.05) is 23.7 Å². The second-order valence-electron chi connectivity index (χ2n) is 11.5. The van der Waals surface area contributed by atoms with E-state index in [1.807, 2.05) is 57.2 Å². The molecular formula is C31H41ClN2O4S. The van der Waals surface area contributed by atoms with E-state index in [-0.39, 0.29) is 16.8 Å². The molecule has 2 aromatic rings. The molecule has 0 amide bonds. The summed E-state index contributed by atoms with van der Waals surface area (Å²) in [6.45, 7) is 12.1. The third-order valence-electron chi connectivity index (χ3n) is 7.84. The summed E-state index contributed by atoms with van der Waals surface area (Å²) in [5, 5.41) is 0.738. The summed E-state index contributed by atoms with van der Waals surface area (Å²) >= 11 is 6.30. The maximum atomic E-state index is 12.8. The SMILES string of the molecule is C=C[C@H](N[S@@](=O)C(C)(C)C)[C@@H]1CC[C@H]1CN1CCCCc2cc(Cl)ccc2COc2ccc(C(=O)OC)cc21. The van der Waals surface area contributed by atoms with Crippen molar-refractivity contribution in [3.63, 3.8) is 0 Å². The van der Waals surface area contributed by atoms with E-state index in [1.54, 1.807) is 6.07 Å². The highest BCUT2D eigenvalue weighted by atomic mass is 35.5. The van der Waals surface area contributed by atoms with Crippen LogP contribution >= 0.6 is 11.6 Å². The zero-order valence-electron chi connectivity index (χ0n) is 23.5. The monoisotopic (exact) mass is 572 g/mol. The van der Waals surface area contributed by atoms with Crippen LogP contribution in [-0.4, -0.2) is 41.2 Å². The molecule has 0 bridgehead atoms. The molecule has 212 valence electrons. The highest BCUT2D eigenvalue weighted by Gasteiger charge is 2.38. The molecule has 4 atom stereocenters. The molecule has 8 heteroatoms. The van der Waals surface area contributed by atoms with Crippen molar-refractivity contribution in [2.75, 3.05) is 25.1 Å². The van der Waals surface area contributed by atoms with Crippen LogP contribution in [0.1, 0.15) is 67.9 Å². The van der Waals surface area contributed by atoms with E-state index in [0.29, 0.717) is 24.0 Å². The molecule has 1 saturated carbocycles. The van der Waals surface area contributed by atoms with Gasteiger partial charge in [-0.2, -0.15) is 0 Å². The third-order valence-corrected chi connectivity index (χ3v) is 9.68. The van der Waals surface area contributed by atoms with Crippen LogP contribution in [0.15, 0.2) is 49.1 Å². The molecule has 0 spiro atoms. The lowest BCUT2D eigenvalue weighted by Crippen LogP contribution is -2.50. The molecule has 0 unspecified atom stereocenters. The summed E-state index contributed by atoms with van der Waals surface area (Å²) in [5.74, 6) is 1.11. The molecule has 39 heavy (non-hydrogen) atoms. The number of hydrogen-bond donors (Lipinski definition) is 1. The molecule has 2 aromatic carbocycles. The van der Waals surface area contributed by atoms with Gasteiger partial charge < -0.3 is 14.4 Å². The van der Waals surface area contributed by atoms with Crippen molar-refractivity contribution in [3.05, 3.63) is 70.8 Å². The fraction of sp³-hybridized carbons (Fsp3) is 0.516. The number of esters is 1. The van der Waals surface area contributed by atoms with Crippen LogP contribution in [0.4, 0.5) is 5.69 Å². The van der Waals surface area contributed by atoms with Crippen molar-refractivity contribution in [2.45, 2.75) is 70.3 Å².